The van der Waals surface area contributed by atoms with Crippen molar-refractivity contribution in [3.63, 3.8) is 0 Å². The van der Waals surface area contributed by atoms with E-state index in [-0.39, 0.29) is 24.0 Å². The molecule has 0 aromatic heterocycles. The molecule has 0 amide bonds. The zero-order chi connectivity index (χ0) is 17.7. The van der Waals surface area contributed by atoms with Crippen LogP contribution in [-0.4, -0.2) is 44.7 Å². The highest BCUT2D eigenvalue weighted by Gasteiger charge is 2.43. The lowest BCUT2D eigenvalue weighted by Gasteiger charge is -2.38. The maximum Gasteiger partial charge on any atom is 0.193 e. The molecular weight excluding hydrogens is 441 g/mol. The third-order valence-corrected chi connectivity index (χ3v) is 5.50. The molecule has 0 unspecified atom stereocenters. The molecular formula is C20H32IN3O2. The zero-order valence-electron chi connectivity index (χ0n) is 16.2. The van der Waals surface area contributed by atoms with Crippen LogP contribution >= 0.6 is 24.0 Å². The number of benzene rings is 1. The van der Waals surface area contributed by atoms with E-state index >= 15 is 0 Å². The molecule has 1 saturated carbocycles. The largest absolute Gasteiger partial charge is 0.493 e. The fourth-order valence-electron chi connectivity index (χ4n) is 3.87. The summed E-state index contributed by atoms with van der Waals surface area (Å²) < 4.78 is 11.2. The zero-order valence-corrected chi connectivity index (χ0v) is 18.5. The summed E-state index contributed by atoms with van der Waals surface area (Å²) in [5.41, 5.74) is 1.75. The molecule has 1 heterocycles. The number of likely N-dealkylation sites (tertiary alicyclic amines) is 1. The van der Waals surface area contributed by atoms with E-state index < -0.39 is 0 Å². The number of guanidine groups is 1. The lowest BCUT2D eigenvalue weighted by molar-refractivity contribution is 0.151. The molecule has 3 rings (SSSR count). The smallest absolute Gasteiger partial charge is 0.193 e. The molecule has 1 aromatic carbocycles. The Morgan fingerprint density at radius 1 is 1.27 bits per heavy atom. The maximum absolute atomic E-state index is 5.72. The third-order valence-electron chi connectivity index (χ3n) is 5.50. The minimum absolute atomic E-state index is 0. The van der Waals surface area contributed by atoms with E-state index in [9.17, 15) is 0 Å². The minimum Gasteiger partial charge on any atom is -0.493 e. The summed E-state index contributed by atoms with van der Waals surface area (Å²) in [6, 6.07) is 6.13. The van der Waals surface area contributed by atoms with Gasteiger partial charge in [-0.2, -0.15) is 0 Å². The molecule has 1 aromatic rings. The van der Waals surface area contributed by atoms with Crippen molar-refractivity contribution in [2.75, 3.05) is 33.9 Å². The highest BCUT2D eigenvalue weighted by Crippen LogP contribution is 2.47. The number of hydrogen-bond donors (Lipinski definition) is 1. The van der Waals surface area contributed by atoms with Crippen molar-refractivity contribution in [3.8, 4) is 11.5 Å². The molecule has 0 radical (unpaired) electrons. The predicted molar refractivity (Wildman–Crippen MR) is 117 cm³/mol. The summed E-state index contributed by atoms with van der Waals surface area (Å²) in [5.74, 6) is 2.61. The van der Waals surface area contributed by atoms with Crippen LogP contribution in [-0.2, 0) is 6.54 Å². The van der Waals surface area contributed by atoms with E-state index in [4.69, 9.17) is 9.47 Å². The highest BCUT2D eigenvalue weighted by molar-refractivity contribution is 14.0. The van der Waals surface area contributed by atoms with Crippen molar-refractivity contribution in [2.24, 2.45) is 10.4 Å². The first-order chi connectivity index (χ1) is 12.2. The van der Waals surface area contributed by atoms with Crippen molar-refractivity contribution in [2.45, 2.75) is 45.6 Å². The molecule has 0 bridgehead atoms. The summed E-state index contributed by atoms with van der Waals surface area (Å²) in [5, 5.41) is 3.51. The van der Waals surface area contributed by atoms with Gasteiger partial charge in [-0.1, -0.05) is 19.4 Å². The Morgan fingerprint density at radius 3 is 2.65 bits per heavy atom. The number of rotatable bonds is 6. The number of hydrogen-bond acceptors (Lipinski definition) is 3. The van der Waals surface area contributed by atoms with Gasteiger partial charge in [0.15, 0.2) is 17.5 Å². The normalized spacial score (nSPS) is 18.3. The van der Waals surface area contributed by atoms with Crippen molar-refractivity contribution in [3.05, 3.63) is 23.8 Å². The van der Waals surface area contributed by atoms with Gasteiger partial charge in [0.1, 0.15) is 0 Å². The van der Waals surface area contributed by atoms with E-state index in [0.717, 1.165) is 43.5 Å². The van der Waals surface area contributed by atoms with Crippen molar-refractivity contribution < 1.29 is 9.47 Å². The summed E-state index contributed by atoms with van der Waals surface area (Å²) in [4.78, 5) is 6.90. The Labute approximate surface area is 174 Å². The van der Waals surface area contributed by atoms with Gasteiger partial charge >= 0.3 is 0 Å². The summed E-state index contributed by atoms with van der Waals surface area (Å²) >= 11 is 0. The summed E-state index contributed by atoms with van der Waals surface area (Å²) in [6.45, 7) is 5.81. The molecule has 0 atom stereocenters. The molecule has 6 heteroatoms. The lowest BCUT2D eigenvalue weighted by atomic mass is 9.68. The van der Waals surface area contributed by atoms with Gasteiger partial charge in [0.25, 0.3) is 0 Å². The van der Waals surface area contributed by atoms with Crippen LogP contribution in [0.4, 0.5) is 0 Å². The quantitative estimate of drug-likeness (QED) is 0.385. The minimum atomic E-state index is 0. The van der Waals surface area contributed by atoms with Crippen LogP contribution in [0.2, 0.25) is 0 Å². The van der Waals surface area contributed by atoms with Gasteiger partial charge in [-0.05, 0) is 48.8 Å². The lowest BCUT2D eigenvalue weighted by Crippen LogP contribution is -2.42. The van der Waals surface area contributed by atoms with Crippen LogP contribution in [0.15, 0.2) is 23.2 Å². The first-order valence-electron chi connectivity index (χ1n) is 9.45. The number of nitrogens with one attached hydrogen (secondary N) is 1. The molecule has 1 aliphatic heterocycles. The average Bonchev–Trinajstić information content (AvgIpc) is 3.07. The predicted octanol–water partition coefficient (Wildman–Crippen LogP) is 4.05. The van der Waals surface area contributed by atoms with Crippen LogP contribution in [0.3, 0.4) is 0 Å². The average molecular weight is 473 g/mol. The number of methoxy groups -OCH3 is 1. The number of nitrogens with zero attached hydrogens (tertiary/aromatic N) is 2. The van der Waals surface area contributed by atoms with E-state index in [1.807, 2.05) is 19.2 Å². The van der Waals surface area contributed by atoms with Gasteiger partial charge in [-0.25, -0.2) is 0 Å². The third kappa shape index (κ3) is 4.75. The first kappa shape index (κ1) is 21.1. The Morgan fingerprint density at radius 2 is 2.08 bits per heavy atom. The van der Waals surface area contributed by atoms with E-state index in [1.54, 1.807) is 7.11 Å². The molecule has 2 aliphatic rings. The van der Waals surface area contributed by atoms with Crippen LogP contribution < -0.4 is 14.8 Å². The Balaban J connectivity index is 0.00000243. The Kier molecular flexibility index (Phi) is 7.85. The standard InChI is InChI=1S/C20H31N3O2.HI/c1-4-12-25-17-7-6-16(13-18(17)24-3)14-22-19(21-2)23-11-10-20(15-23)8-5-9-20;/h6-7,13H,4-5,8-12,14-15H2,1-3H3,(H,21,22);1H. The molecule has 1 aliphatic carbocycles. The first-order valence-corrected chi connectivity index (χ1v) is 9.45. The molecule has 146 valence electrons. The second-order valence-electron chi connectivity index (χ2n) is 7.26. The molecule has 2 fully saturated rings. The topological polar surface area (TPSA) is 46.1 Å². The highest BCUT2D eigenvalue weighted by atomic mass is 127. The number of ether oxygens (including phenoxy) is 2. The van der Waals surface area contributed by atoms with Crippen LogP contribution in [0, 0.1) is 5.41 Å². The molecule has 1 spiro atoms. The monoisotopic (exact) mass is 473 g/mol. The second kappa shape index (κ2) is 9.67. The van der Waals surface area contributed by atoms with Crippen molar-refractivity contribution in [1.82, 2.24) is 10.2 Å². The van der Waals surface area contributed by atoms with Gasteiger partial charge in [0.2, 0.25) is 0 Å². The van der Waals surface area contributed by atoms with Crippen LogP contribution in [0.5, 0.6) is 11.5 Å². The van der Waals surface area contributed by atoms with Gasteiger partial charge in [0, 0.05) is 26.7 Å². The van der Waals surface area contributed by atoms with E-state index in [0.29, 0.717) is 12.0 Å². The molecule has 1 saturated heterocycles. The Hall–Kier alpha value is -1.18. The van der Waals surface area contributed by atoms with Crippen molar-refractivity contribution >= 4 is 29.9 Å². The summed E-state index contributed by atoms with van der Waals surface area (Å²) in [6.07, 6.45) is 6.46. The fourth-order valence-corrected chi connectivity index (χ4v) is 3.87. The van der Waals surface area contributed by atoms with E-state index in [1.165, 1.54) is 31.2 Å². The van der Waals surface area contributed by atoms with Gasteiger partial charge < -0.3 is 19.7 Å². The molecule has 1 N–H and O–H groups in total. The van der Waals surface area contributed by atoms with E-state index in [2.05, 4.69) is 28.2 Å². The maximum atomic E-state index is 5.72. The van der Waals surface area contributed by atoms with Crippen LogP contribution in [0.1, 0.15) is 44.6 Å². The van der Waals surface area contributed by atoms with Gasteiger partial charge in [-0.15, -0.1) is 24.0 Å². The molecule has 26 heavy (non-hydrogen) atoms. The number of aliphatic imine (C=N–C) groups is 1. The summed E-state index contributed by atoms with van der Waals surface area (Å²) in [7, 11) is 3.56. The van der Waals surface area contributed by atoms with Gasteiger partial charge in [0.05, 0.1) is 13.7 Å². The van der Waals surface area contributed by atoms with Gasteiger partial charge in [-0.3, -0.25) is 4.99 Å². The number of halogens is 1. The Bertz CT molecular complexity index is 617. The van der Waals surface area contributed by atoms with Crippen molar-refractivity contribution in [1.29, 1.82) is 0 Å². The van der Waals surface area contributed by atoms with Crippen LogP contribution in [0.25, 0.3) is 0 Å². The molecule has 5 nitrogen and oxygen atoms in total. The SMILES string of the molecule is CCCOc1ccc(CNC(=NC)N2CCC3(CCC3)C2)cc1OC.I. The second-order valence-corrected chi connectivity index (χ2v) is 7.26. The fraction of sp³-hybridized carbons (Fsp3) is 0.650.